The standard InChI is InChI=1S/C26H28N4O3S2/c1-4-13-28(14-5-2)23-20(24(31)29-15-7-6-8-22(29)27-23)16-21-25(32)30(26(34)35-21)17-18-9-11-19(33-3)12-10-18/h6-12,15-16H,4-5,13-14,17H2,1-3H3/b21-16-. The first-order chi connectivity index (χ1) is 17.0. The summed E-state index contributed by atoms with van der Waals surface area (Å²) in [5.74, 6) is 1.14. The first kappa shape index (κ1) is 24.9. The third-order valence-electron chi connectivity index (χ3n) is 5.68. The number of fused-ring (bicyclic) bond motifs is 1. The summed E-state index contributed by atoms with van der Waals surface area (Å²) in [5.41, 5.74) is 1.71. The summed E-state index contributed by atoms with van der Waals surface area (Å²) in [4.78, 5) is 35.8. The lowest BCUT2D eigenvalue weighted by Crippen LogP contribution is -2.31. The van der Waals surface area contributed by atoms with Gasteiger partial charge in [0.1, 0.15) is 21.5 Å². The number of ether oxygens (including phenoxy) is 1. The van der Waals surface area contributed by atoms with Gasteiger partial charge in [-0.2, -0.15) is 0 Å². The van der Waals surface area contributed by atoms with E-state index in [2.05, 4.69) is 18.7 Å². The molecule has 0 aliphatic carbocycles. The monoisotopic (exact) mass is 508 g/mol. The van der Waals surface area contributed by atoms with Gasteiger partial charge in [-0.3, -0.25) is 18.9 Å². The fourth-order valence-corrected chi connectivity index (χ4v) is 5.24. The van der Waals surface area contributed by atoms with Gasteiger partial charge in [0, 0.05) is 19.3 Å². The fourth-order valence-electron chi connectivity index (χ4n) is 4.00. The summed E-state index contributed by atoms with van der Waals surface area (Å²) < 4.78 is 7.19. The van der Waals surface area contributed by atoms with Crippen LogP contribution < -0.4 is 15.2 Å². The lowest BCUT2D eigenvalue weighted by Gasteiger charge is -2.24. The van der Waals surface area contributed by atoms with Crippen molar-refractivity contribution in [2.45, 2.75) is 33.2 Å². The third kappa shape index (κ3) is 5.26. The minimum Gasteiger partial charge on any atom is -0.497 e. The van der Waals surface area contributed by atoms with E-state index in [1.54, 1.807) is 30.3 Å². The van der Waals surface area contributed by atoms with Gasteiger partial charge in [0.2, 0.25) is 0 Å². The normalized spacial score (nSPS) is 14.8. The van der Waals surface area contributed by atoms with Crippen molar-refractivity contribution in [1.82, 2.24) is 14.3 Å². The Morgan fingerprint density at radius 3 is 2.46 bits per heavy atom. The molecule has 1 saturated heterocycles. The van der Waals surface area contributed by atoms with Gasteiger partial charge in [0.15, 0.2) is 0 Å². The highest BCUT2D eigenvalue weighted by Crippen LogP contribution is 2.34. The van der Waals surface area contributed by atoms with Crippen LogP contribution in [-0.2, 0) is 11.3 Å². The number of nitrogens with zero attached hydrogens (tertiary/aromatic N) is 4. The molecule has 4 rings (SSSR count). The highest BCUT2D eigenvalue weighted by atomic mass is 32.2. The van der Waals surface area contributed by atoms with Crippen LogP contribution in [0.5, 0.6) is 5.75 Å². The van der Waals surface area contributed by atoms with Crippen molar-refractivity contribution < 1.29 is 9.53 Å². The van der Waals surface area contributed by atoms with Crippen LogP contribution in [-0.4, -0.2) is 44.7 Å². The zero-order valence-corrected chi connectivity index (χ0v) is 21.7. The van der Waals surface area contributed by atoms with E-state index in [4.69, 9.17) is 21.9 Å². The van der Waals surface area contributed by atoms with Crippen LogP contribution in [0.4, 0.5) is 5.82 Å². The van der Waals surface area contributed by atoms with Crippen LogP contribution in [0, 0.1) is 0 Å². The van der Waals surface area contributed by atoms with Gasteiger partial charge in [0.25, 0.3) is 11.5 Å². The molecule has 2 aromatic heterocycles. The van der Waals surface area contributed by atoms with Crippen LogP contribution in [0.2, 0.25) is 0 Å². The topological polar surface area (TPSA) is 67.2 Å². The molecule has 0 radical (unpaired) electrons. The number of thiocarbonyl (C=S) groups is 1. The molecule has 1 amide bonds. The summed E-state index contributed by atoms with van der Waals surface area (Å²) in [6.07, 6.45) is 5.19. The van der Waals surface area contributed by atoms with E-state index in [-0.39, 0.29) is 11.5 Å². The smallest absolute Gasteiger partial charge is 0.267 e. The number of carbonyl (C=O) groups is 1. The summed E-state index contributed by atoms with van der Waals surface area (Å²) in [7, 11) is 1.61. The molecule has 3 heterocycles. The van der Waals surface area contributed by atoms with E-state index in [1.165, 1.54) is 16.2 Å². The Balaban J connectivity index is 1.74. The Hall–Kier alpha value is -3.17. The highest BCUT2D eigenvalue weighted by Gasteiger charge is 2.33. The summed E-state index contributed by atoms with van der Waals surface area (Å²) in [6, 6.07) is 13.0. The van der Waals surface area contributed by atoms with Gasteiger partial charge < -0.3 is 9.64 Å². The molecule has 35 heavy (non-hydrogen) atoms. The molecule has 0 spiro atoms. The molecule has 0 unspecified atom stereocenters. The number of thioether (sulfide) groups is 1. The highest BCUT2D eigenvalue weighted by molar-refractivity contribution is 8.26. The number of pyridine rings is 1. The number of rotatable bonds is 9. The summed E-state index contributed by atoms with van der Waals surface area (Å²) in [6.45, 7) is 6.08. The molecule has 0 bridgehead atoms. The number of carbonyl (C=O) groups excluding carboxylic acids is 1. The van der Waals surface area contributed by atoms with E-state index in [0.29, 0.717) is 32.8 Å². The second-order valence-electron chi connectivity index (χ2n) is 8.19. The van der Waals surface area contributed by atoms with Crippen molar-refractivity contribution in [3.8, 4) is 5.75 Å². The number of hydrogen-bond donors (Lipinski definition) is 0. The Morgan fingerprint density at radius 2 is 1.80 bits per heavy atom. The van der Waals surface area contributed by atoms with Crippen LogP contribution >= 0.6 is 24.0 Å². The second kappa shape index (κ2) is 11.0. The van der Waals surface area contributed by atoms with Gasteiger partial charge >= 0.3 is 0 Å². The van der Waals surface area contributed by atoms with Crippen LogP contribution in [0.1, 0.15) is 37.8 Å². The Kier molecular flexibility index (Phi) is 7.87. The lowest BCUT2D eigenvalue weighted by atomic mass is 10.2. The van der Waals surface area contributed by atoms with Crippen LogP contribution in [0.15, 0.2) is 58.4 Å². The van der Waals surface area contributed by atoms with Crippen molar-refractivity contribution in [3.63, 3.8) is 0 Å². The predicted octanol–water partition coefficient (Wildman–Crippen LogP) is 4.73. The molecule has 1 aromatic carbocycles. The minimum absolute atomic E-state index is 0.205. The number of methoxy groups -OCH3 is 1. The number of hydrogen-bond acceptors (Lipinski definition) is 7. The Morgan fingerprint density at radius 1 is 1.09 bits per heavy atom. The average molecular weight is 509 g/mol. The minimum atomic E-state index is -0.211. The van der Waals surface area contributed by atoms with Gasteiger partial charge in [-0.25, -0.2) is 4.98 Å². The zero-order valence-electron chi connectivity index (χ0n) is 20.1. The number of benzene rings is 1. The van der Waals surface area contributed by atoms with E-state index in [9.17, 15) is 9.59 Å². The van der Waals surface area contributed by atoms with Crippen molar-refractivity contribution in [3.05, 3.63) is 75.0 Å². The first-order valence-electron chi connectivity index (χ1n) is 11.6. The molecule has 9 heteroatoms. The SMILES string of the molecule is CCCN(CCC)c1nc2ccccn2c(=O)c1/C=C1\SC(=S)N(Cc2ccc(OC)cc2)C1=O. The molecule has 0 N–H and O–H groups in total. The van der Waals surface area contributed by atoms with E-state index < -0.39 is 0 Å². The average Bonchev–Trinajstić information content (AvgIpc) is 3.13. The van der Waals surface area contributed by atoms with Crippen molar-refractivity contribution in [1.29, 1.82) is 0 Å². The molecule has 3 aromatic rings. The summed E-state index contributed by atoms with van der Waals surface area (Å²) >= 11 is 6.74. The Labute approximate surface area is 214 Å². The maximum atomic E-state index is 13.5. The third-order valence-corrected chi connectivity index (χ3v) is 7.06. The Bertz CT molecular complexity index is 1330. The van der Waals surface area contributed by atoms with Gasteiger partial charge in [-0.15, -0.1) is 0 Å². The number of aromatic nitrogens is 2. The van der Waals surface area contributed by atoms with Crippen molar-refractivity contribution >= 4 is 51.7 Å². The molecule has 0 saturated carbocycles. The molecule has 0 atom stereocenters. The molecule has 1 aliphatic heterocycles. The molecular formula is C26H28N4O3S2. The quantitative estimate of drug-likeness (QED) is 0.306. The molecular weight excluding hydrogens is 480 g/mol. The van der Waals surface area contributed by atoms with Crippen LogP contribution in [0.3, 0.4) is 0 Å². The largest absolute Gasteiger partial charge is 0.497 e. The summed E-state index contributed by atoms with van der Waals surface area (Å²) in [5, 5.41) is 0. The van der Waals surface area contributed by atoms with Crippen molar-refractivity contribution in [2.24, 2.45) is 0 Å². The fraction of sp³-hybridized carbons (Fsp3) is 0.308. The molecule has 182 valence electrons. The zero-order chi connectivity index (χ0) is 24.9. The maximum Gasteiger partial charge on any atom is 0.267 e. The van der Waals surface area contributed by atoms with Crippen molar-refractivity contribution in [2.75, 3.05) is 25.1 Å². The van der Waals surface area contributed by atoms with E-state index >= 15 is 0 Å². The molecule has 1 aliphatic rings. The molecule has 1 fully saturated rings. The van der Waals surface area contributed by atoms with Gasteiger partial charge in [0.05, 0.1) is 24.1 Å². The van der Waals surface area contributed by atoms with Gasteiger partial charge in [-0.05, 0) is 48.7 Å². The van der Waals surface area contributed by atoms with E-state index in [0.717, 1.165) is 37.2 Å². The number of amides is 1. The predicted molar refractivity (Wildman–Crippen MR) is 146 cm³/mol. The van der Waals surface area contributed by atoms with Gasteiger partial charge in [-0.1, -0.05) is 56.0 Å². The molecule has 7 nitrogen and oxygen atoms in total. The second-order valence-corrected chi connectivity index (χ2v) is 9.86. The lowest BCUT2D eigenvalue weighted by molar-refractivity contribution is -0.122. The van der Waals surface area contributed by atoms with Crippen LogP contribution in [0.25, 0.3) is 11.7 Å². The number of anilines is 1. The maximum absolute atomic E-state index is 13.5. The first-order valence-corrected chi connectivity index (χ1v) is 12.8. The van der Waals surface area contributed by atoms with E-state index in [1.807, 2.05) is 36.4 Å².